The van der Waals surface area contributed by atoms with Gasteiger partial charge >= 0.3 is 0 Å². The first-order valence-electron chi connectivity index (χ1n) is 24.6. The molecule has 70 heavy (non-hydrogen) atoms. The van der Waals surface area contributed by atoms with Crippen molar-refractivity contribution >= 4 is 34.4 Å². The van der Waals surface area contributed by atoms with E-state index in [0.29, 0.717) is 0 Å². The molecule has 0 saturated heterocycles. The Labute approximate surface area is 417 Å². The third-order valence-electron chi connectivity index (χ3n) is 13.6. The molecule has 0 amide bonds. The topological polar surface area (TPSA) is 118 Å². The first-order valence-corrected chi connectivity index (χ1v) is 24.6. The molecule has 0 atom stereocenters. The average molecular weight is 939 g/mol. The quantitative estimate of drug-likeness (QED) is 0.0703. The molecule has 7 aromatic rings. The molecule has 0 unspecified atom stereocenters. The van der Waals surface area contributed by atoms with E-state index in [1.165, 1.54) is 33.5 Å². The van der Waals surface area contributed by atoms with Crippen molar-refractivity contribution < 1.29 is 9.47 Å². The van der Waals surface area contributed by atoms with Crippen molar-refractivity contribution in [2.24, 2.45) is 0 Å². The monoisotopic (exact) mass is 939 g/mol. The molecule has 7 rings (SSSR count). The van der Waals surface area contributed by atoms with Gasteiger partial charge in [0.25, 0.3) is 0 Å². The molecular formula is C60H74N8O2. The largest absolute Gasteiger partial charge is 0.457 e. The number of aromatic nitrogens is 4. The van der Waals surface area contributed by atoms with Crippen molar-refractivity contribution in [1.29, 1.82) is 0 Å². The molecule has 2 heterocycles. The first kappa shape index (κ1) is 50.9. The molecule has 10 nitrogen and oxygen atoms in total. The Hall–Kier alpha value is -6.94. The van der Waals surface area contributed by atoms with Gasteiger partial charge in [-0.05, 0) is 155 Å². The van der Waals surface area contributed by atoms with E-state index < -0.39 is 5.54 Å². The summed E-state index contributed by atoms with van der Waals surface area (Å²) in [5, 5.41) is 14.7. The van der Waals surface area contributed by atoms with E-state index >= 15 is 0 Å². The molecule has 4 N–H and O–H groups in total. The Morgan fingerprint density at radius 1 is 0.471 bits per heavy atom. The number of aryl methyl sites for hydroxylation is 2. The van der Waals surface area contributed by atoms with Crippen LogP contribution in [0.2, 0.25) is 0 Å². The fourth-order valence-corrected chi connectivity index (χ4v) is 8.55. The number of nitrogens with one attached hydrogen (secondary N) is 4. The number of hydrogen-bond donors (Lipinski definition) is 4. The van der Waals surface area contributed by atoms with Crippen LogP contribution in [-0.4, -0.2) is 31.0 Å². The van der Waals surface area contributed by atoms with Crippen LogP contribution in [-0.2, 0) is 29.1 Å². The van der Waals surface area contributed by atoms with Gasteiger partial charge in [0, 0.05) is 62.2 Å². The summed E-state index contributed by atoms with van der Waals surface area (Å²) in [6, 6.07) is 39.1. The van der Waals surface area contributed by atoms with Crippen LogP contribution in [0, 0.1) is 6.92 Å². The second-order valence-corrected chi connectivity index (χ2v) is 22.0. The maximum Gasteiger partial charge on any atom is 0.134 e. The van der Waals surface area contributed by atoms with Crippen molar-refractivity contribution in [1.82, 2.24) is 19.9 Å². The van der Waals surface area contributed by atoms with Crippen molar-refractivity contribution in [3.05, 3.63) is 167 Å². The van der Waals surface area contributed by atoms with Crippen LogP contribution < -0.4 is 30.7 Å². The van der Waals surface area contributed by atoms with Gasteiger partial charge in [-0.15, -0.1) is 0 Å². The highest BCUT2D eigenvalue weighted by atomic mass is 16.5. The molecule has 0 aliphatic carbocycles. The van der Waals surface area contributed by atoms with Gasteiger partial charge < -0.3 is 30.7 Å². The van der Waals surface area contributed by atoms with Crippen molar-refractivity contribution in [2.45, 2.75) is 144 Å². The van der Waals surface area contributed by atoms with Gasteiger partial charge in [-0.2, -0.15) is 0 Å². The lowest BCUT2D eigenvalue weighted by atomic mass is 9.71. The molecular weight excluding hydrogens is 865 g/mol. The number of nitrogens with zero attached hydrogens (tertiary/aromatic N) is 4. The van der Waals surface area contributed by atoms with Gasteiger partial charge in [-0.1, -0.05) is 92.6 Å². The van der Waals surface area contributed by atoms with Crippen LogP contribution in [0.25, 0.3) is 0 Å². The highest BCUT2D eigenvalue weighted by molar-refractivity contribution is 5.76. The Balaban J connectivity index is 0.954. The third-order valence-corrected chi connectivity index (χ3v) is 13.6. The molecule has 0 radical (unpaired) electrons. The van der Waals surface area contributed by atoms with Crippen molar-refractivity contribution in [3.8, 4) is 23.0 Å². The lowest BCUT2D eigenvalue weighted by Gasteiger charge is -2.42. The minimum Gasteiger partial charge on any atom is -0.457 e. The Bertz CT molecular complexity index is 2870. The van der Waals surface area contributed by atoms with E-state index in [9.17, 15) is 0 Å². The number of hydrogen-bond acceptors (Lipinski definition) is 10. The van der Waals surface area contributed by atoms with E-state index in [-0.39, 0.29) is 21.8 Å². The lowest BCUT2D eigenvalue weighted by molar-refractivity contribution is 0.326. The fourth-order valence-electron chi connectivity index (χ4n) is 8.55. The van der Waals surface area contributed by atoms with Gasteiger partial charge in [-0.25, -0.2) is 19.9 Å². The van der Waals surface area contributed by atoms with E-state index in [0.717, 1.165) is 75.9 Å². The summed E-state index contributed by atoms with van der Waals surface area (Å²) in [5.74, 6) is 4.60. The molecule has 0 saturated carbocycles. The SMILES string of the molecule is CCc1cc(C)c(NC(C)(C)C)c(CC)c1Nc1cc(C(C)(C)C(C)(C)Nc2ccc(Oc3ccc(C(C)(C)c4ccc(Oc5ccc(Nc6cc(C(C)(C)C)ncn6)cc5)cc4)cc3)cc2)ncn1. The maximum absolute atomic E-state index is 6.35. The molecule has 0 fully saturated rings. The number of ether oxygens (including phenoxy) is 2. The van der Waals surface area contributed by atoms with E-state index in [2.05, 4.69) is 184 Å². The van der Waals surface area contributed by atoms with Crippen LogP contribution in [0.15, 0.2) is 128 Å². The van der Waals surface area contributed by atoms with Gasteiger partial charge in [0.05, 0.1) is 11.4 Å². The van der Waals surface area contributed by atoms with Crippen LogP contribution in [0.3, 0.4) is 0 Å². The minimum atomic E-state index is -0.394. The fraction of sp³-hybridized carbons (Fsp3) is 0.367. The predicted octanol–water partition coefficient (Wildman–Crippen LogP) is 15.8. The molecule has 2 aromatic heterocycles. The average Bonchev–Trinajstić information content (AvgIpc) is 3.31. The summed E-state index contributed by atoms with van der Waals surface area (Å²) in [7, 11) is 0. The summed E-state index contributed by atoms with van der Waals surface area (Å²) in [6.45, 7) is 33.0. The van der Waals surface area contributed by atoms with Crippen LogP contribution in [0.5, 0.6) is 23.0 Å². The zero-order chi connectivity index (χ0) is 50.6. The highest BCUT2D eigenvalue weighted by Crippen LogP contribution is 2.40. The smallest absolute Gasteiger partial charge is 0.134 e. The lowest BCUT2D eigenvalue weighted by Crippen LogP contribution is -2.49. The third kappa shape index (κ3) is 11.9. The van der Waals surface area contributed by atoms with E-state index in [4.69, 9.17) is 19.4 Å². The summed E-state index contributed by atoms with van der Waals surface area (Å²) in [5.41, 5.74) is 11.2. The van der Waals surface area contributed by atoms with E-state index in [1.54, 1.807) is 12.7 Å². The van der Waals surface area contributed by atoms with Gasteiger partial charge in [0.15, 0.2) is 0 Å². The maximum atomic E-state index is 6.35. The standard InChI is InChI=1S/C60H74N8O2/c1-16-40-34-39(3)54(68-57(7,8)9)49(17-2)55(40)66-53-36-51(62-38-64-53)59(12,13)60(14,15)67-44-24-32-48(33-25-44)70-46-28-20-42(21-29-46)58(10,11)41-18-26-45(27-19-41)69-47-30-22-43(23-31-47)65-52-35-50(56(4,5)6)61-37-63-52/h18-38,67-68H,16-17H2,1-15H3,(H,61,63,65)(H,62,64,66). The van der Waals surface area contributed by atoms with Gasteiger partial charge in [-0.3, -0.25) is 0 Å². The molecule has 0 aliphatic rings. The van der Waals surface area contributed by atoms with Crippen molar-refractivity contribution in [3.63, 3.8) is 0 Å². The summed E-state index contributed by atoms with van der Waals surface area (Å²) in [4.78, 5) is 18.4. The van der Waals surface area contributed by atoms with Crippen molar-refractivity contribution in [2.75, 3.05) is 21.3 Å². The van der Waals surface area contributed by atoms with Gasteiger partial charge in [0.2, 0.25) is 0 Å². The Kier molecular flexibility index (Phi) is 14.7. The zero-order valence-corrected chi connectivity index (χ0v) is 44.1. The van der Waals surface area contributed by atoms with Crippen LogP contribution in [0.1, 0.15) is 136 Å². The van der Waals surface area contributed by atoms with E-state index in [1.807, 2.05) is 66.7 Å². The molecule has 0 spiro atoms. The Morgan fingerprint density at radius 3 is 1.40 bits per heavy atom. The summed E-state index contributed by atoms with van der Waals surface area (Å²) < 4.78 is 12.6. The Morgan fingerprint density at radius 2 is 0.929 bits per heavy atom. The normalized spacial score (nSPS) is 12.3. The number of anilines is 6. The van der Waals surface area contributed by atoms with Gasteiger partial charge in [0.1, 0.15) is 47.3 Å². The second-order valence-electron chi connectivity index (χ2n) is 22.0. The second kappa shape index (κ2) is 20.2. The molecule has 5 aromatic carbocycles. The zero-order valence-electron chi connectivity index (χ0n) is 44.1. The minimum absolute atomic E-state index is 0.0585. The molecule has 10 heteroatoms. The molecule has 0 bridgehead atoms. The predicted molar refractivity (Wildman–Crippen MR) is 291 cm³/mol. The molecule has 366 valence electrons. The first-order chi connectivity index (χ1) is 33.0. The summed E-state index contributed by atoms with van der Waals surface area (Å²) in [6.07, 6.45) is 5.08. The summed E-state index contributed by atoms with van der Waals surface area (Å²) >= 11 is 0. The van der Waals surface area contributed by atoms with Crippen LogP contribution in [0.4, 0.5) is 34.4 Å². The number of rotatable bonds is 17. The molecule has 0 aliphatic heterocycles. The number of benzene rings is 5. The highest BCUT2D eigenvalue weighted by Gasteiger charge is 2.40. The van der Waals surface area contributed by atoms with Crippen LogP contribution >= 0.6 is 0 Å².